The number of nitrogens with one attached hydrogen (secondary N) is 1. The molecule has 0 radical (unpaired) electrons. The fourth-order valence-corrected chi connectivity index (χ4v) is 5.02. The van der Waals surface area contributed by atoms with E-state index in [0.29, 0.717) is 22.2 Å². The van der Waals surface area contributed by atoms with Crippen LogP contribution in [0.2, 0.25) is 0 Å². The number of fused-ring (bicyclic) bond motifs is 1. The highest BCUT2D eigenvalue weighted by Crippen LogP contribution is 2.45. The summed E-state index contributed by atoms with van der Waals surface area (Å²) in [6, 6.07) is 0.346. The highest BCUT2D eigenvalue weighted by atomic mass is 32.1. The second-order valence-electron chi connectivity index (χ2n) is 10.2. The van der Waals surface area contributed by atoms with Gasteiger partial charge in [-0.2, -0.15) is 4.98 Å². The lowest BCUT2D eigenvalue weighted by Crippen LogP contribution is -2.25. The Hall–Kier alpha value is -3.92. The summed E-state index contributed by atoms with van der Waals surface area (Å²) in [5.74, 6) is -0.264. The topological polar surface area (TPSA) is 117 Å². The molecule has 0 saturated heterocycles. The number of nitrogens with two attached hydrogens (primary N) is 1. The third-order valence-corrected chi connectivity index (χ3v) is 7.11. The molecule has 1 atom stereocenters. The monoisotopic (exact) mass is 530 g/mol. The van der Waals surface area contributed by atoms with Crippen LogP contribution in [0.15, 0.2) is 88.8 Å². The average molecular weight is 531 g/mol. The molecular weight excluding hydrogens is 496 g/mol. The minimum atomic E-state index is -0.320. The Labute approximate surface area is 228 Å². The molecule has 0 spiro atoms. The third kappa shape index (κ3) is 6.13. The standard InChI is InChI=1S/C28H34N8OS/c1-18(9-10-21-20(3)22(11-12-28(21,4)5)35-14-13-30-16-35)7-6-8-19(2)15-23(37)34-36-17-31-24-25(36)32-27(29)33-26(24)38/h6-10,13-17,22H,11-12H2,1-5H3,(H,34,37)(H3,29,32,33,38)/b8-6+,10-9+,18-7+,19-15+. The van der Waals surface area contributed by atoms with Gasteiger partial charge < -0.3 is 10.3 Å². The van der Waals surface area contributed by atoms with E-state index in [0.717, 1.165) is 24.0 Å². The third-order valence-electron chi connectivity index (χ3n) is 6.80. The molecule has 1 aliphatic rings. The quantitative estimate of drug-likeness (QED) is 0.164. The van der Waals surface area contributed by atoms with Crippen molar-refractivity contribution in [3.8, 4) is 0 Å². The van der Waals surface area contributed by atoms with Crippen LogP contribution in [0.25, 0.3) is 11.2 Å². The first-order chi connectivity index (χ1) is 18.0. The fraction of sp³-hybridized carbons (Fsp3) is 0.321. The number of aromatic nitrogens is 6. The molecule has 1 amide bonds. The highest BCUT2D eigenvalue weighted by Gasteiger charge is 2.32. The molecule has 0 aliphatic heterocycles. The van der Waals surface area contributed by atoms with Crippen LogP contribution >= 0.6 is 12.6 Å². The summed E-state index contributed by atoms with van der Waals surface area (Å²) in [5, 5.41) is 0.350. The number of amides is 1. The maximum Gasteiger partial charge on any atom is 0.263 e. The van der Waals surface area contributed by atoms with Crippen molar-refractivity contribution in [2.24, 2.45) is 5.41 Å². The lowest BCUT2D eigenvalue weighted by molar-refractivity contribution is -0.112. The number of hydrogen-bond acceptors (Lipinski definition) is 7. The summed E-state index contributed by atoms with van der Waals surface area (Å²) < 4.78 is 3.60. The van der Waals surface area contributed by atoms with Crippen molar-refractivity contribution in [3.05, 3.63) is 83.8 Å². The highest BCUT2D eigenvalue weighted by molar-refractivity contribution is 7.80. The van der Waals surface area contributed by atoms with Gasteiger partial charge >= 0.3 is 0 Å². The van der Waals surface area contributed by atoms with E-state index in [1.807, 2.05) is 43.9 Å². The molecule has 3 aromatic heterocycles. The number of nitrogens with zero attached hydrogens (tertiary/aromatic N) is 6. The number of allylic oxidation sites excluding steroid dienone is 9. The average Bonchev–Trinajstić information content (AvgIpc) is 3.49. The van der Waals surface area contributed by atoms with E-state index in [-0.39, 0.29) is 17.3 Å². The van der Waals surface area contributed by atoms with Gasteiger partial charge in [0.1, 0.15) is 16.9 Å². The first kappa shape index (κ1) is 27.1. The van der Waals surface area contributed by atoms with Crippen molar-refractivity contribution in [2.75, 3.05) is 11.2 Å². The van der Waals surface area contributed by atoms with Gasteiger partial charge in [-0.05, 0) is 55.7 Å². The van der Waals surface area contributed by atoms with Crippen molar-refractivity contribution in [1.82, 2.24) is 29.2 Å². The van der Waals surface area contributed by atoms with Crippen LogP contribution < -0.4 is 11.2 Å². The molecule has 3 aromatic rings. The van der Waals surface area contributed by atoms with Crippen LogP contribution in [-0.4, -0.2) is 35.1 Å². The zero-order valence-corrected chi connectivity index (χ0v) is 23.3. The zero-order chi connectivity index (χ0) is 27.4. The van der Waals surface area contributed by atoms with E-state index in [2.05, 4.69) is 82.4 Å². The number of imidazole rings is 2. The van der Waals surface area contributed by atoms with Crippen molar-refractivity contribution in [2.45, 2.75) is 58.5 Å². The largest absolute Gasteiger partial charge is 0.368 e. The van der Waals surface area contributed by atoms with Crippen LogP contribution in [0.5, 0.6) is 0 Å². The normalized spacial score (nSPS) is 18.7. The molecule has 3 heterocycles. The molecule has 1 aliphatic carbocycles. The predicted octanol–water partition coefficient (Wildman–Crippen LogP) is 5.35. The molecule has 3 N–H and O–H groups in total. The molecule has 38 heavy (non-hydrogen) atoms. The Kier molecular flexibility index (Phi) is 8.01. The minimum absolute atomic E-state index is 0.0564. The van der Waals surface area contributed by atoms with E-state index in [9.17, 15) is 4.79 Å². The van der Waals surface area contributed by atoms with Gasteiger partial charge in [0.2, 0.25) is 5.95 Å². The van der Waals surface area contributed by atoms with Crippen molar-refractivity contribution in [1.29, 1.82) is 0 Å². The van der Waals surface area contributed by atoms with Crippen molar-refractivity contribution >= 4 is 35.6 Å². The van der Waals surface area contributed by atoms with Gasteiger partial charge in [-0.25, -0.2) is 19.6 Å². The van der Waals surface area contributed by atoms with Gasteiger partial charge in [-0.1, -0.05) is 49.8 Å². The number of nitrogen functional groups attached to an aromatic ring is 1. The van der Waals surface area contributed by atoms with Gasteiger partial charge in [-0.15, -0.1) is 12.6 Å². The zero-order valence-electron chi connectivity index (χ0n) is 22.4. The molecule has 0 bridgehead atoms. The van der Waals surface area contributed by atoms with Gasteiger partial charge in [0.15, 0.2) is 5.65 Å². The first-order valence-electron chi connectivity index (χ1n) is 12.5. The van der Waals surface area contributed by atoms with E-state index in [1.165, 1.54) is 28.2 Å². The Morgan fingerprint density at radius 2 is 2.00 bits per heavy atom. The Morgan fingerprint density at radius 1 is 1.21 bits per heavy atom. The van der Waals surface area contributed by atoms with Crippen LogP contribution in [-0.2, 0) is 4.79 Å². The summed E-state index contributed by atoms with van der Waals surface area (Å²) in [7, 11) is 0. The second-order valence-corrected chi connectivity index (χ2v) is 10.6. The second kappa shape index (κ2) is 11.2. The van der Waals surface area contributed by atoms with E-state index < -0.39 is 0 Å². The van der Waals surface area contributed by atoms with Gasteiger partial charge in [-0.3, -0.25) is 10.2 Å². The number of thiol groups is 1. The molecule has 198 valence electrons. The van der Waals surface area contributed by atoms with E-state index >= 15 is 0 Å². The Balaban J connectivity index is 1.42. The molecule has 1 unspecified atom stereocenters. The molecule has 10 heteroatoms. The predicted molar refractivity (Wildman–Crippen MR) is 154 cm³/mol. The molecule has 0 aromatic carbocycles. The van der Waals surface area contributed by atoms with Gasteiger partial charge in [0, 0.05) is 18.5 Å². The lowest BCUT2D eigenvalue weighted by atomic mass is 9.71. The van der Waals surface area contributed by atoms with E-state index in [4.69, 9.17) is 5.73 Å². The lowest BCUT2D eigenvalue weighted by Gasteiger charge is -2.37. The summed E-state index contributed by atoms with van der Waals surface area (Å²) in [5.41, 5.74) is 14.0. The minimum Gasteiger partial charge on any atom is -0.368 e. The maximum atomic E-state index is 12.5. The fourth-order valence-electron chi connectivity index (χ4n) is 4.76. The molecule has 0 fully saturated rings. The van der Waals surface area contributed by atoms with Crippen LogP contribution in [0.4, 0.5) is 5.95 Å². The van der Waals surface area contributed by atoms with Crippen LogP contribution in [0, 0.1) is 5.41 Å². The molecular formula is C28H34N8OS. The molecule has 9 nitrogen and oxygen atoms in total. The summed E-state index contributed by atoms with van der Waals surface area (Å²) in [6.07, 6.45) is 21.2. The number of hydrogen-bond donors (Lipinski definition) is 3. The van der Waals surface area contributed by atoms with Crippen molar-refractivity contribution in [3.63, 3.8) is 0 Å². The first-order valence-corrected chi connectivity index (χ1v) is 12.9. The van der Waals surface area contributed by atoms with Gasteiger partial charge in [0.05, 0.1) is 12.4 Å². The Bertz CT molecular complexity index is 1490. The maximum absolute atomic E-state index is 12.5. The SMILES string of the molecule is CC1=C(/C=C/C(C)=C/C=C/C(C)=C/C(=O)Nn2cnc3c(S)nc(N)nc32)C(C)(C)CCC1n1ccnc1. The van der Waals surface area contributed by atoms with Crippen LogP contribution in [0.1, 0.15) is 53.5 Å². The summed E-state index contributed by atoms with van der Waals surface area (Å²) >= 11 is 4.25. The number of anilines is 1. The molecule has 4 rings (SSSR count). The number of carbonyl (C=O) groups excluding carboxylic acids is 1. The van der Waals surface area contributed by atoms with Crippen LogP contribution in [0.3, 0.4) is 0 Å². The number of rotatable bonds is 7. The van der Waals surface area contributed by atoms with Gasteiger partial charge in [0.25, 0.3) is 5.91 Å². The smallest absolute Gasteiger partial charge is 0.263 e. The van der Waals surface area contributed by atoms with Crippen molar-refractivity contribution < 1.29 is 4.79 Å². The van der Waals surface area contributed by atoms with E-state index in [1.54, 1.807) is 0 Å². The summed E-state index contributed by atoms with van der Waals surface area (Å²) in [6.45, 7) is 10.8. The number of carbonyl (C=O) groups is 1. The molecule has 0 saturated carbocycles. The summed E-state index contributed by atoms with van der Waals surface area (Å²) in [4.78, 5) is 29.0. The Morgan fingerprint density at radius 3 is 2.74 bits per heavy atom.